The summed E-state index contributed by atoms with van der Waals surface area (Å²) in [6.07, 6.45) is 0.545. The molecule has 2 unspecified atom stereocenters. The molecule has 0 aromatic heterocycles. The molecule has 1 aromatic rings. The average Bonchev–Trinajstić information content (AvgIpc) is 2.35. The van der Waals surface area contributed by atoms with Gasteiger partial charge < -0.3 is 10.5 Å². The summed E-state index contributed by atoms with van der Waals surface area (Å²) in [4.78, 5) is 0. The maximum atomic E-state index is 13.6. The molecule has 94 valence electrons. The van der Waals surface area contributed by atoms with Gasteiger partial charge in [-0.2, -0.15) is 11.8 Å². The molecule has 0 bridgehead atoms. The predicted molar refractivity (Wildman–Crippen MR) is 72.8 cm³/mol. The van der Waals surface area contributed by atoms with Crippen molar-refractivity contribution in [2.24, 2.45) is 5.73 Å². The van der Waals surface area contributed by atoms with Crippen LogP contribution in [0.4, 0.5) is 4.39 Å². The van der Waals surface area contributed by atoms with Crippen LogP contribution in [0.15, 0.2) is 22.7 Å². The summed E-state index contributed by atoms with van der Waals surface area (Å²) in [7, 11) is 0. The summed E-state index contributed by atoms with van der Waals surface area (Å²) in [5.74, 6) is 1.72. The van der Waals surface area contributed by atoms with Gasteiger partial charge >= 0.3 is 0 Å². The van der Waals surface area contributed by atoms with Crippen LogP contribution in [0.5, 0.6) is 0 Å². The molecule has 0 amide bonds. The van der Waals surface area contributed by atoms with E-state index in [0.717, 1.165) is 22.6 Å². The van der Waals surface area contributed by atoms with Crippen molar-refractivity contribution < 1.29 is 9.13 Å². The Kier molecular flexibility index (Phi) is 4.85. The highest BCUT2D eigenvalue weighted by Crippen LogP contribution is 2.20. The summed E-state index contributed by atoms with van der Waals surface area (Å²) in [5, 5.41) is 0. The third-order valence-corrected chi connectivity index (χ3v) is 4.30. The van der Waals surface area contributed by atoms with Crippen molar-refractivity contribution in [3.63, 3.8) is 0 Å². The molecule has 1 heterocycles. The van der Waals surface area contributed by atoms with Crippen molar-refractivity contribution in [2.75, 3.05) is 18.1 Å². The van der Waals surface area contributed by atoms with Gasteiger partial charge in [-0.3, -0.25) is 0 Å². The first-order chi connectivity index (χ1) is 8.16. The Hall–Kier alpha value is -0.100. The van der Waals surface area contributed by atoms with Gasteiger partial charge in [0.05, 0.1) is 12.7 Å². The van der Waals surface area contributed by atoms with E-state index >= 15 is 0 Å². The summed E-state index contributed by atoms with van der Waals surface area (Å²) in [5.41, 5.74) is 6.72. The lowest BCUT2D eigenvalue weighted by atomic mass is 10.0. The Morgan fingerprint density at radius 2 is 2.41 bits per heavy atom. The van der Waals surface area contributed by atoms with Crippen molar-refractivity contribution >= 4 is 27.7 Å². The molecule has 2 N–H and O–H groups in total. The summed E-state index contributed by atoms with van der Waals surface area (Å²) >= 11 is 5.18. The third kappa shape index (κ3) is 3.68. The lowest BCUT2D eigenvalue weighted by Crippen LogP contribution is -2.42. The Morgan fingerprint density at radius 1 is 1.59 bits per heavy atom. The van der Waals surface area contributed by atoms with Crippen LogP contribution >= 0.6 is 27.7 Å². The molecular formula is C12H15BrFNOS. The van der Waals surface area contributed by atoms with E-state index in [9.17, 15) is 4.39 Å². The summed E-state index contributed by atoms with van der Waals surface area (Å²) < 4.78 is 20.1. The summed E-state index contributed by atoms with van der Waals surface area (Å²) in [6, 6.07) is 4.79. The van der Waals surface area contributed by atoms with E-state index in [2.05, 4.69) is 15.9 Å². The van der Waals surface area contributed by atoms with Crippen molar-refractivity contribution in [3.8, 4) is 0 Å². The van der Waals surface area contributed by atoms with Gasteiger partial charge in [0.1, 0.15) is 5.82 Å². The van der Waals surface area contributed by atoms with Crippen LogP contribution in [0, 0.1) is 5.82 Å². The lowest BCUT2D eigenvalue weighted by molar-refractivity contribution is 0.0570. The topological polar surface area (TPSA) is 35.2 Å². The standard InChI is InChI=1S/C12H15BrFNOS/c13-9-1-2-10(14)8(5-9)6-11(15)12-7-17-4-3-16-12/h1-2,5,11-12H,3-4,6-7,15H2. The molecule has 1 aromatic carbocycles. The number of thioether (sulfide) groups is 1. The Bertz CT molecular complexity index is 385. The normalized spacial score (nSPS) is 22.4. The van der Waals surface area contributed by atoms with Crippen molar-refractivity contribution in [1.82, 2.24) is 0 Å². The fraction of sp³-hybridized carbons (Fsp3) is 0.500. The van der Waals surface area contributed by atoms with Crippen LogP contribution in [0.1, 0.15) is 5.56 Å². The molecule has 0 radical (unpaired) electrons. The fourth-order valence-electron chi connectivity index (χ4n) is 1.84. The van der Waals surface area contributed by atoms with E-state index in [1.807, 2.05) is 11.8 Å². The van der Waals surface area contributed by atoms with Gasteiger partial charge in [-0.05, 0) is 30.2 Å². The maximum absolute atomic E-state index is 13.6. The number of rotatable bonds is 3. The zero-order chi connectivity index (χ0) is 12.3. The van der Waals surface area contributed by atoms with Crippen molar-refractivity contribution in [1.29, 1.82) is 0 Å². The zero-order valence-corrected chi connectivity index (χ0v) is 11.8. The number of halogens is 2. The van der Waals surface area contributed by atoms with Gasteiger partial charge in [0.25, 0.3) is 0 Å². The largest absolute Gasteiger partial charge is 0.375 e. The smallest absolute Gasteiger partial charge is 0.126 e. The second-order valence-electron chi connectivity index (χ2n) is 4.09. The van der Waals surface area contributed by atoms with Crippen LogP contribution in [-0.4, -0.2) is 30.3 Å². The number of benzene rings is 1. The van der Waals surface area contributed by atoms with E-state index in [-0.39, 0.29) is 18.0 Å². The minimum absolute atomic E-state index is 0.0344. The van der Waals surface area contributed by atoms with Crippen LogP contribution in [0.2, 0.25) is 0 Å². The second kappa shape index (κ2) is 6.18. The first-order valence-electron chi connectivity index (χ1n) is 5.55. The Labute approximate surface area is 113 Å². The number of hydrogen-bond acceptors (Lipinski definition) is 3. The highest BCUT2D eigenvalue weighted by atomic mass is 79.9. The van der Waals surface area contributed by atoms with Gasteiger partial charge in [0.2, 0.25) is 0 Å². The fourth-order valence-corrected chi connectivity index (χ4v) is 3.20. The maximum Gasteiger partial charge on any atom is 0.126 e. The molecule has 2 nitrogen and oxygen atoms in total. The van der Waals surface area contributed by atoms with Crippen LogP contribution < -0.4 is 5.73 Å². The van der Waals surface area contributed by atoms with Gasteiger partial charge in [-0.25, -0.2) is 4.39 Å². The van der Waals surface area contributed by atoms with E-state index in [0.29, 0.717) is 12.0 Å². The van der Waals surface area contributed by atoms with Crippen LogP contribution in [0.3, 0.4) is 0 Å². The number of hydrogen-bond donors (Lipinski definition) is 1. The SMILES string of the molecule is NC(Cc1cc(Br)ccc1F)C1CSCCO1. The van der Waals surface area contributed by atoms with Crippen LogP contribution in [0.25, 0.3) is 0 Å². The molecule has 17 heavy (non-hydrogen) atoms. The van der Waals surface area contributed by atoms with Crippen molar-refractivity contribution in [2.45, 2.75) is 18.6 Å². The van der Waals surface area contributed by atoms with Gasteiger partial charge in [-0.1, -0.05) is 15.9 Å². The molecule has 1 aliphatic heterocycles. The van der Waals surface area contributed by atoms with E-state index in [1.165, 1.54) is 6.07 Å². The monoisotopic (exact) mass is 319 g/mol. The second-order valence-corrected chi connectivity index (χ2v) is 6.15. The van der Waals surface area contributed by atoms with E-state index < -0.39 is 0 Å². The van der Waals surface area contributed by atoms with Crippen molar-refractivity contribution in [3.05, 3.63) is 34.1 Å². The number of nitrogens with two attached hydrogens (primary N) is 1. The van der Waals surface area contributed by atoms with Gasteiger partial charge in [0, 0.05) is 22.0 Å². The molecule has 0 saturated carbocycles. The highest BCUT2D eigenvalue weighted by molar-refractivity contribution is 9.10. The predicted octanol–water partition coefficient (Wildman–Crippen LogP) is 2.59. The molecule has 0 aliphatic carbocycles. The summed E-state index contributed by atoms with van der Waals surface area (Å²) in [6.45, 7) is 0.740. The van der Waals surface area contributed by atoms with Gasteiger partial charge in [0.15, 0.2) is 0 Å². The first kappa shape index (κ1) is 13.3. The number of ether oxygens (including phenoxy) is 1. The van der Waals surface area contributed by atoms with Gasteiger partial charge in [-0.15, -0.1) is 0 Å². The molecular weight excluding hydrogens is 305 g/mol. The Morgan fingerprint density at radius 3 is 3.12 bits per heavy atom. The molecule has 5 heteroatoms. The molecule has 0 spiro atoms. The molecule has 1 aliphatic rings. The molecule has 1 saturated heterocycles. The minimum Gasteiger partial charge on any atom is -0.375 e. The minimum atomic E-state index is -0.202. The van der Waals surface area contributed by atoms with E-state index in [1.54, 1.807) is 12.1 Å². The lowest BCUT2D eigenvalue weighted by Gasteiger charge is -2.27. The Balaban J connectivity index is 2.01. The first-order valence-corrected chi connectivity index (χ1v) is 7.50. The van der Waals surface area contributed by atoms with E-state index in [4.69, 9.17) is 10.5 Å². The average molecular weight is 320 g/mol. The molecule has 1 fully saturated rings. The highest BCUT2D eigenvalue weighted by Gasteiger charge is 2.22. The molecule has 2 atom stereocenters. The quantitative estimate of drug-likeness (QED) is 0.930. The van der Waals surface area contributed by atoms with Crippen LogP contribution in [-0.2, 0) is 11.2 Å². The third-order valence-electron chi connectivity index (χ3n) is 2.78. The zero-order valence-electron chi connectivity index (χ0n) is 9.36. The molecule has 2 rings (SSSR count).